The van der Waals surface area contributed by atoms with Crippen molar-refractivity contribution in [3.8, 4) is 0 Å². The quantitative estimate of drug-likeness (QED) is 0.676. The molecule has 0 aliphatic heterocycles. The summed E-state index contributed by atoms with van der Waals surface area (Å²) < 4.78 is 5.37. The molecule has 0 radical (unpaired) electrons. The Morgan fingerprint density at radius 1 is 1.39 bits per heavy atom. The molecule has 5 nitrogen and oxygen atoms in total. The van der Waals surface area contributed by atoms with Gasteiger partial charge >= 0.3 is 0 Å². The highest BCUT2D eigenvalue weighted by Crippen LogP contribution is 2.28. The lowest BCUT2D eigenvalue weighted by Crippen LogP contribution is -2.01. The van der Waals surface area contributed by atoms with Crippen molar-refractivity contribution in [1.29, 1.82) is 0 Å². The predicted molar refractivity (Wildman–Crippen MR) is 68.9 cm³/mol. The maximum atomic E-state index is 10.9. The van der Waals surface area contributed by atoms with E-state index in [0.717, 1.165) is 11.5 Å². The molecule has 0 bridgehead atoms. The van der Waals surface area contributed by atoms with Crippen molar-refractivity contribution in [3.63, 3.8) is 0 Å². The number of furan rings is 1. The Balaban J connectivity index is 2.16. The lowest BCUT2D eigenvalue weighted by molar-refractivity contribution is -0.383. The smallest absolute Gasteiger partial charge is 0.293 e. The van der Waals surface area contributed by atoms with Gasteiger partial charge in [0.25, 0.3) is 5.69 Å². The predicted octanol–water partition coefficient (Wildman–Crippen LogP) is 3.76. The summed E-state index contributed by atoms with van der Waals surface area (Å²) in [6.07, 6.45) is 0. The monoisotopic (exact) mass is 266 g/mol. The Bertz CT molecular complexity index is 580. The van der Waals surface area contributed by atoms with Crippen LogP contribution in [-0.4, -0.2) is 4.92 Å². The summed E-state index contributed by atoms with van der Waals surface area (Å²) in [6, 6.07) is 8.16. The second kappa shape index (κ2) is 5.10. The number of nitro benzene ring substituents is 1. The van der Waals surface area contributed by atoms with Gasteiger partial charge in [0.1, 0.15) is 17.2 Å². The number of hydrogen-bond donors (Lipinski definition) is 1. The summed E-state index contributed by atoms with van der Waals surface area (Å²) in [5.74, 6) is 1.52. The standard InChI is InChI=1S/C12H11ClN2O3/c1-8-2-4-10(18-8)7-14-11-5-3-9(13)6-12(11)15(16)17/h2-6,14H,7H2,1H3. The molecule has 0 unspecified atom stereocenters. The van der Waals surface area contributed by atoms with Gasteiger partial charge in [-0.2, -0.15) is 0 Å². The molecule has 94 valence electrons. The van der Waals surface area contributed by atoms with E-state index in [1.54, 1.807) is 12.1 Å². The van der Waals surface area contributed by atoms with E-state index in [2.05, 4.69) is 5.32 Å². The number of nitrogens with one attached hydrogen (secondary N) is 1. The molecule has 0 fully saturated rings. The third-order valence-corrected chi connectivity index (χ3v) is 2.64. The van der Waals surface area contributed by atoms with Crippen molar-refractivity contribution in [2.45, 2.75) is 13.5 Å². The van der Waals surface area contributed by atoms with Crippen LogP contribution in [0.15, 0.2) is 34.7 Å². The summed E-state index contributed by atoms with van der Waals surface area (Å²) in [5.41, 5.74) is 0.365. The molecule has 0 atom stereocenters. The van der Waals surface area contributed by atoms with Crippen molar-refractivity contribution in [1.82, 2.24) is 0 Å². The lowest BCUT2D eigenvalue weighted by atomic mass is 10.2. The van der Waals surface area contributed by atoms with Crippen LogP contribution in [0, 0.1) is 17.0 Å². The van der Waals surface area contributed by atoms with Crippen LogP contribution in [0.25, 0.3) is 0 Å². The van der Waals surface area contributed by atoms with Crippen LogP contribution in [0.3, 0.4) is 0 Å². The fourth-order valence-electron chi connectivity index (χ4n) is 1.57. The number of benzene rings is 1. The zero-order valence-corrected chi connectivity index (χ0v) is 10.4. The highest BCUT2D eigenvalue weighted by atomic mass is 35.5. The van der Waals surface area contributed by atoms with Gasteiger partial charge in [-0.3, -0.25) is 10.1 Å². The van der Waals surface area contributed by atoms with E-state index in [1.165, 1.54) is 6.07 Å². The molecule has 0 saturated carbocycles. The van der Waals surface area contributed by atoms with E-state index in [1.807, 2.05) is 19.1 Å². The second-order valence-corrected chi connectivity index (χ2v) is 4.22. The maximum Gasteiger partial charge on any atom is 0.293 e. The summed E-state index contributed by atoms with van der Waals surface area (Å²) in [5, 5.41) is 14.2. The first-order valence-corrected chi connectivity index (χ1v) is 5.67. The molecule has 0 saturated heterocycles. The minimum absolute atomic E-state index is 0.0502. The summed E-state index contributed by atoms with van der Waals surface area (Å²) in [4.78, 5) is 10.4. The van der Waals surface area contributed by atoms with E-state index < -0.39 is 4.92 Å². The second-order valence-electron chi connectivity index (χ2n) is 3.78. The molecule has 18 heavy (non-hydrogen) atoms. The number of hydrogen-bond acceptors (Lipinski definition) is 4. The largest absolute Gasteiger partial charge is 0.465 e. The average Bonchev–Trinajstić information content (AvgIpc) is 2.73. The molecule has 2 rings (SSSR count). The minimum Gasteiger partial charge on any atom is -0.465 e. The zero-order valence-electron chi connectivity index (χ0n) is 9.64. The van der Waals surface area contributed by atoms with Crippen LogP contribution in [0.2, 0.25) is 5.02 Å². The number of anilines is 1. The van der Waals surface area contributed by atoms with Gasteiger partial charge in [-0.1, -0.05) is 11.6 Å². The number of rotatable bonds is 4. The molecule has 0 amide bonds. The number of aryl methyl sites for hydroxylation is 1. The Morgan fingerprint density at radius 3 is 2.78 bits per heavy atom. The van der Waals surface area contributed by atoms with E-state index in [-0.39, 0.29) is 5.69 Å². The van der Waals surface area contributed by atoms with Crippen LogP contribution in [-0.2, 0) is 6.54 Å². The summed E-state index contributed by atoms with van der Waals surface area (Å²) in [7, 11) is 0. The molecular weight excluding hydrogens is 256 g/mol. The third kappa shape index (κ3) is 2.81. The highest BCUT2D eigenvalue weighted by Gasteiger charge is 2.14. The molecule has 2 aromatic rings. The molecule has 0 spiro atoms. The fourth-order valence-corrected chi connectivity index (χ4v) is 1.73. The number of nitro groups is 1. The van der Waals surface area contributed by atoms with Crippen molar-refractivity contribution >= 4 is 23.0 Å². The van der Waals surface area contributed by atoms with Gasteiger partial charge in [0.05, 0.1) is 11.5 Å². The van der Waals surface area contributed by atoms with Gasteiger partial charge in [-0.25, -0.2) is 0 Å². The first-order valence-electron chi connectivity index (χ1n) is 5.29. The summed E-state index contributed by atoms with van der Waals surface area (Å²) in [6.45, 7) is 2.23. The van der Waals surface area contributed by atoms with Crippen LogP contribution >= 0.6 is 11.6 Å². The summed E-state index contributed by atoms with van der Waals surface area (Å²) >= 11 is 5.73. The molecule has 1 N–H and O–H groups in total. The first-order chi connectivity index (χ1) is 8.56. The SMILES string of the molecule is Cc1ccc(CNc2ccc(Cl)cc2[N+](=O)[O-])o1. The Morgan fingerprint density at radius 2 is 2.17 bits per heavy atom. The zero-order chi connectivity index (χ0) is 13.1. The van der Waals surface area contributed by atoms with E-state index in [4.69, 9.17) is 16.0 Å². The van der Waals surface area contributed by atoms with Crippen LogP contribution < -0.4 is 5.32 Å². The van der Waals surface area contributed by atoms with Gasteiger partial charge in [-0.15, -0.1) is 0 Å². The van der Waals surface area contributed by atoms with Crippen LogP contribution in [0.5, 0.6) is 0 Å². The van der Waals surface area contributed by atoms with Gasteiger partial charge in [0.15, 0.2) is 0 Å². The van der Waals surface area contributed by atoms with Crippen molar-refractivity contribution in [3.05, 3.63) is 57.0 Å². The normalized spacial score (nSPS) is 10.3. The van der Waals surface area contributed by atoms with E-state index in [0.29, 0.717) is 17.3 Å². The highest BCUT2D eigenvalue weighted by molar-refractivity contribution is 6.30. The lowest BCUT2D eigenvalue weighted by Gasteiger charge is -2.05. The number of nitrogens with zero attached hydrogens (tertiary/aromatic N) is 1. The molecule has 0 aliphatic rings. The Hall–Kier alpha value is -2.01. The van der Waals surface area contributed by atoms with Crippen molar-refractivity contribution in [2.75, 3.05) is 5.32 Å². The van der Waals surface area contributed by atoms with Crippen molar-refractivity contribution in [2.24, 2.45) is 0 Å². The van der Waals surface area contributed by atoms with Gasteiger partial charge in [0.2, 0.25) is 0 Å². The van der Waals surface area contributed by atoms with E-state index >= 15 is 0 Å². The maximum absolute atomic E-state index is 10.9. The number of halogens is 1. The Labute approximate surface area is 109 Å². The van der Waals surface area contributed by atoms with Gasteiger partial charge in [-0.05, 0) is 31.2 Å². The van der Waals surface area contributed by atoms with Gasteiger partial charge < -0.3 is 9.73 Å². The van der Waals surface area contributed by atoms with E-state index in [9.17, 15) is 10.1 Å². The van der Waals surface area contributed by atoms with Gasteiger partial charge in [0, 0.05) is 11.1 Å². The molecule has 1 aromatic carbocycles. The van der Waals surface area contributed by atoms with Crippen LogP contribution in [0.1, 0.15) is 11.5 Å². The van der Waals surface area contributed by atoms with Crippen LogP contribution in [0.4, 0.5) is 11.4 Å². The molecule has 1 aromatic heterocycles. The molecular formula is C12H11ClN2O3. The third-order valence-electron chi connectivity index (χ3n) is 2.41. The fraction of sp³-hybridized carbons (Fsp3) is 0.167. The molecule has 0 aliphatic carbocycles. The average molecular weight is 267 g/mol. The Kier molecular flexibility index (Phi) is 3.53. The van der Waals surface area contributed by atoms with Crippen molar-refractivity contribution < 1.29 is 9.34 Å². The first kappa shape index (κ1) is 12.4. The topological polar surface area (TPSA) is 68.3 Å². The molecule has 6 heteroatoms. The molecule has 1 heterocycles. The minimum atomic E-state index is -0.471.